The standard InChI is InChI=1S/C19H15FN2O2S/c20-14-4-1-3-13(9-14)12-22-16-6-7-24-18(16)10-17(22)19(23)21-11-15-5-2-8-25-15/h1-10H,11-12H2,(H,21,23). The lowest BCUT2D eigenvalue weighted by molar-refractivity contribution is 0.0943. The van der Waals surface area contributed by atoms with Crippen LogP contribution in [0, 0.1) is 5.82 Å². The Kier molecular flexibility index (Phi) is 4.11. The molecule has 0 aliphatic carbocycles. The second-order valence-corrected chi connectivity index (χ2v) is 6.71. The number of benzene rings is 1. The van der Waals surface area contributed by atoms with Gasteiger partial charge >= 0.3 is 0 Å². The van der Waals surface area contributed by atoms with Crippen molar-refractivity contribution in [3.05, 3.63) is 82.1 Å². The van der Waals surface area contributed by atoms with Crippen LogP contribution in [0.3, 0.4) is 0 Å². The molecule has 0 aliphatic rings. The van der Waals surface area contributed by atoms with Gasteiger partial charge in [-0.25, -0.2) is 4.39 Å². The number of nitrogens with zero attached hydrogens (tertiary/aromatic N) is 1. The van der Waals surface area contributed by atoms with Crippen LogP contribution in [-0.2, 0) is 13.1 Å². The van der Waals surface area contributed by atoms with Crippen molar-refractivity contribution in [1.29, 1.82) is 0 Å². The monoisotopic (exact) mass is 354 g/mol. The SMILES string of the molecule is O=C(NCc1cccs1)c1cc2occc2n1Cc1cccc(F)c1. The van der Waals surface area contributed by atoms with Crippen LogP contribution in [0.5, 0.6) is 0 Å². The van der Waals surface area contributed by atoms with Crippen LogP contribution in [0.2, 0.25) is 0 Å². The lowest BCUT2D eigenvalue weighted by Crippen LogP contribution is -2.25. The molecule has 0 spiro atoms. The Morgan fingerprint density at radius 1 is 1.20 bits per heavy atom. The Labute approximate surface area is 147 Å². The fourth-order valence-electron chi connectivity index (χ4n) is 2.82. The molecule has 4 nitrogen and oxygen atoms in total. The zero-order valence-electron chi connectivity index (χ0n) is 13.2. The molecule has 4 aromatic rings. The molecule has 1 amide bonds. The minimum absolute atomic E-state index is 0.184. The first-order valence-electron chi connectivity index (χ1n) is 7.82. The highest BCUT2D eigenvalue weighted by atomic mass is 32.1. The first kappa shape index (κ1) is 15.7. The molecule has 0 atom stereocenters. The van der Waals surface area contributed by atoms with Gasteiger partial charge in [0, 0.05) is 23.6 Å². The van der Waals surface area contributed by atoms with E-state index in [-0.39, 0.29) is 11.7 Å². The zero-order chi connectivity index (χ0) is 17.2. The van der Waals surface area contributed by atoms with Crippen LogP contribution in [-0.4, -0.2) is 10.5 Å². The number of halogens is 1. The van der Waals surface area contributed by atoms with Crippen LogP contribution in [0.4, 0.5) is 4.39 Å². The summed E-state index contributed by atoms with van der Waals surface area (Å²) >= 11 is 1.59. The van der Waals surface area contributed by atoms with Crippen molar-refractivity contribution >= 4 is 28.3 Å². The van der Waals surface area contributed by atoms with Gasteiger partial charge in [-0.3, -0.25) is 4.79 Å². The summed E-state index contributed by atoms with van der Waals surface area (Å²) in [5.74, 6) is -0.479. The van der Waals surface area contributed by atoms with E-state index in [0.717, 1.165) is 16.0 Å². The average molecular weight is 354 g/mol. The molecule has 0 unspecified atom stereocenters. The molecule has 1 N–H and O–H groups in total. The molecule has 0 saturated heterocycles. The molecular weight excluding hydrogens is 339 g/mol. The third-order valence-corrected chi connectivity index (χ3v) is 4.86. The molecule has 0 fully saturated rings. The zero-order valence-corrected chi connectivity index (χ0v) is 14.1. The van der Waals surface area contributed by atoms with E-state index >= 15 is 0 Å². The lowest BCUT2D eigenvalue weighted by atomic mass is 10.2. The Balaban J connectivity index is 1.64. The van der Waals surface area contributed by atoms with Crippen molar-refractivity contribution in [3.8, 4) is 0 Å². The maximum atomic E-state index is 13.5. The number of fused-ring (bicyclic) bond motifs is 1. The highest BCUT2D eigenvalue weighted by Gasteiger charge is 2.17. The number of nitrogens with one attached hydrogen (secondary N) is 1. The van der Waals surface area contributed by atoms with E-state index in [1.54, 1.807) is 29.7 Å². The van der Waals surface area contributed by atoms with Crippen molar-refractivity contribution in [2.45, 2.75) is 13.1 Å². The van der Waals surface area contributed by atoms with E-state index in [4.69, 9.17) is 4.42 Å². The average Bonchev–Trinajstić information content (AvgIpc) is 3.31. The number of rotatable bonds is 5. The molecule has 3 heterocycles. The summed E-state index contributed by atoms with van der Waals surface area (Å²) in [7, 11) is 0. The number of amides is 1. The van der Waals surface area contributed by atoms with Gasteiger partial charge in [0.25, 0.3) is 5.91 Å². The molecule has 3 aromatic heterocycles. The molecule has 25 heavy (non-hydrogen) atoms. The van der Waals surface area contributed by atoms with Crippen molar-refractivity contribution in [2.75, 3.05) is 0 Å². The van der Waals surface area contributed by atoms with Gasteiger partial charge in [-0.1, -0.05) is 18.2 Å². The van der Waals surface area contributed by atoms with Crippen LogP contribution in [0.15, 0.2) is 64.6 Å². The number of hydrogen-bond donors (Lipinski definition) is 1. The van der Waals surface area contributed by atoms with Crippen LogP contribution in [0.25, 0.3) is 11.1 Å². The van der Waals surface area contributed by atoms with E-state index in [0.29, 0.717) is 24.4 Å². The van der Waals surface area contributed by atoms with Gasteiger partial charge in [-0.2, -0.15) is 0 Å². The summed E-state index contributed by atoms with van der Waals surface area (Å²) < 4.78 is 20.8. The molecule has 0 bridgehead atoms. The summed E-state index contributed by atoms with van der Waals surface area (Å²) in [6.45, 7) is 0.867. The fraction of sp³-hybridized carbons (Fsp3) is 0.105. The maximum absolute atomic E-state index is 13.5. The normalized spacial score (nSPS) is 11.1. The molecule has 0 radical (unpaired) electrons. The van der Waals surface area contributed by atoms with Crippen LogP contribution in [0.1, 0.15) is 20.9 Å². The van der Waals surface area contributed by atoms with Gasteiger partial charge in [0.1, 0.15) is 11.5 Å². The second kappa shape index (κ2) is 6.57. The summed E-state index contributed by atoms with van der Waals surface area (Å²) in [5.41, 5.74) is 2.73. The predicted octanol–water partition coefficient (Wildman–Crippen LogP) is 4.41. The van der Waals surface area contributed by atoms with Gasteiger partial charge in [-0.05, 0) is 29.1 Å². The molecule has 126 valence electrons. The van der Waals surface area contributed by atoms with Crippen molar-refractivity contribution < 1.29 is 13.6 Å². The van der Waals surface area contributed by atoms with Gasteiger partial charge in [0.2, 0.25) is 0 Å². The summed E-state index contributed by atoms with van der Waals surface area (Å²) in [4.78, 5) is 13.7. The number of thiophene rings is 1. The van der Waals surface area contributed by atoms with Crippen molar-refractivity contribution in [3.63, 3.8) is 0 Å². The van der Waals surface area contributed by atoms with E-state index < -0.39 is 0 Å². The number of hydrogen-bond acceptors (Lipinski definition) is 3. The van der Waals surface area contributed by atoms with Crippen molar-refractivity contribution in [2.24, 2.45) is 0 Å². The second-order valence-electron chi connectivity index (χ2n) is 5.68. The molecule has 1 aromatic carbocycles. The van der Waals surface area contributed by atoms with E-state index in [2.05, 4.69) is 5.32 Å². The first-order chi connectivity index (χ1) is 12.2. The highest BCUT2D eigenvalue weighted by Crippen LogP contribution is 2.23. The van der Waals surface area contributed by atoms with Gasteiger partial charge in [0.15, 0.2) is 5.58 Å². The third-order valence-electron chi connectivity index (χ3n) is 3.99. The number of carbonyl (C=O) groups is 1. The molecule has 0 saturated carbocycles. The van der Waals surface area contributed by atoms with Gasteiger partial charge < -0.3 is 14.3 Å². The highest BCUT2D eigenvalue weighted by molar-refractivity contribution is 7.09. The van der Waals surface area contributed by atoms with Crippen molar-refractivity contribution in [1.82, 2.24) is 9.88 Å². The smallest absolute Gasteiger partial charge is 0.268 e. The minimum Gasteiger partial charge on any atom is -0.463 e. The quantitative estimate of drug-likeness (QED) is 0.577. The number of furan rings is 1. The summed E-state index contributed by atoms with van der Waals surface area (Å²) in [6, 6.07) is 13.8. The largest absolute Gasteiger partial charge is 0.463 e. The third kappa shape index (κ3) is 3.21. The summed E-state index contributed by atoms with van der Waals surface area (Å²) in [6.07, 6.45) is 1.58. The number of aromatic nitrogens is 1. The first-order valence-corrected chi connectivity index (χ1v) is 8.70. The van der Waals surface area contributed by atoms with E-state index in [1.807, 2.05) is 34.2 Å². The predicted molar refractivity (Wildman–Crippen MR) is 95.2 cm³/mol. The van der Waals surface area contributed by atoms with Gasteiger partial charge in [0.05, 0.1) is 18.3 Å². The number of carbonyl (C=O) groups excluding carboxylic acids is 1. The van der Waals surface area contributed by atoms with Crippen LogP contribution >= 0.6 is 11.3 Å². The molecular formula is C19H15FN2O2S. The van der Waals surface area contributed by atoms with E-state index in [1.165, 1.54) is 12.1 Å². The van der Waals surface area contributed by atoms with E-state index in [9.17, 15) is 9.18 Å². The van der Waals surface area contributed by atoms with Crippen LogP contribution < -0.4 is 5.32 Å². The molecule has 0 aliphatic heterocycles. The Bertz CT molecular complexity index is 1020. The molecule has 4 rings (SSSR count). The minimum atomic E-state index is -0.295. The van der Waals surface area contributed by atoms with Gasteiger partial charge in [-0.15, -0.1) is 11.3 Å². The topological polar surface area (TPSA) is 47.2 Å². The fourth-order valence-corrected chi connectivity index (χ4v) is 3.47. The summed E-state index contributed by atoms with van der Waals surface area (Å²) in [5, 5.41) is 4.90. The Morgan fingerprint density at radius 3 is 2.92 bits per heavy atom. The Morgan fingerprint density at radius 2 is 2.12 bits per heavy atom. The lowest BCUT2D eigenvalue weighted by Gasteiger charge is -2.10. The maximum Gasteiger partial charge on any atom is 0.268 e. The Hall–Kier alpha value is -2.86. The molecule has 6 heteroatoms.